The molecule has 1 amide bonds. The van der Waals surface area contributed by atoms with Gasteiger partial charge in [-0.3, -0.25) is 9.59 Å². The van der Waals surface area contributed by atoms with Crippen molar-refractivity contribution in [3.05, 3.63) is 52.6 Å². The predicted octanol–water partition coefficient (Wildman–Crippen LogP) is 3.85. The molecule has 1 N–H and O–H groups in total. The van der Waals surface area contributed by atoms with Gasteiger partial charge < -0.3 is 10.1 Å². The van der Waals surface area contributed by atoms with Gasteiger partial charge in [0, 0.05) is 12.6 Å². The van der Waals surface area contributed by atoms with E-state index in [0.29, 0.717) is 23.7 Å². The van der Waals surface area contributed by atoms with E-state index in [-0.39, 0.29) is 13.0 Å². The number of halogens is 1. The van der Waals surface area contributed by atoms with Crippen molar-refractivity contribution in [1.29, 1.82) is 0 Å². The van der Waals surface area contributed by atoms with Gasteiger partial charge in [-0.05, 0) is 37.1 Å². The average Bonchev–Trinajstić information content (AvgIpc) is 3.05. The van der Waals surface area contributed by atoms with Crippen molar-refractivity contribution in [2.24, 2.45) is 0 Å². The number of esters is 1. The van der Waals surface area contributed by atoms with Gasteiger partial charge >= 0.3 is 5.97 Å². The number of rotatable bonds is 7. The highest BCUT2D eigenvalue weighted by Gasteiger charge is 2.10. The molecule has 134 valence electrons. The molecule has 0 unspecified atom stereocenters. The second-order valence-electron chi connectivity index (χ2n) is 5.50. The Kier molecular flexibility index (Phi) is 6.14. The highest BCUT2D eigenvalue weighted by Crippen LogP contribution is 2.22. The van der Waals surface area contributed by atoms with E-state index in [0.717, 1.165) is 15.2 Å². The SMILES string of the molecule is O=C(COC(=O)CCCc1nc2ccccc2s1)Nc1ccc(Cl)cn1. The number of pyridine rings is 1. The molecule has 0 aliphatic carbocycles. The quantitative estimate of drug-likeness (QED) is 0.621. The first-order valence-corrected chi connectivity index (χ1v) is 9.21. The van der Waals surface area contributed by atoms with Crippen molar-refractivity contribution in [3.8, 4) is 0 Å². The van der Waals surface area contributed by atoms with E-state index in [1.165, 1.54) is 6.20 Å². The van der Waals surface area contributed by atoms with Gasteiger partial charge in [0.05, 0.1) is 20.2 Å². The maximum Gasteiger partial charge on any atom is 0.306 e. The number of hydrogen-bond donors (Lipinski definition) is 1. The lowest BCUT2D eigenvalue weighted by Gasteiger charge is -2.05. The van der Waals surface area contributed by atoms with Crippen LogP contribution >= 0.6 is 22.9 Å². The highest BCUT2D eigenvalue weighted by atomic mass is 35.5. The number of carbonyl (C=O) groups excluding carboxylic acids is 2. The van der Waals surface area contributed by atoms with Crippen molar-refractivity contribution in [2.75, 3.05) is 11.9 Å². The maximum atomic E-state index is 11.8. The lowest BCUT2D eigenvalue weighted by atomic mass is 10.2. The maximum absolute atomic E-state index is 11.8. The van der Waals surface area contributed by atoms with Gasteiger partial charge in [-0.15, -0.1) is 11.3 Å². The third-order valence-electron chi connectivity index (χ3n) is 3.47. The van der Waals surface area contributed by atoms with Crippen LogP contribution in [0.1, 0.15) is 17.8 Å². The number of anilines is 1. The smallest absolute Gasteiger partial charge is 0.306 e. The van der Waals surface area contributed by atoms with Crippen LogP contribution in [0.2, 0.25) is 5.02 Å². The topological polar surface area (TPSA) is 81.2 Å². The molecule has 3 rings (SSSR count). The summed E-state index contributed by atoms with van der Waals surface area (Å²) in [6.45, 7) is -0.343. The number of ether oxygens (including phenoxy) is 1. The third kappa shape index (κ3) is 5.24. The number of para-hydroxylation sites is 1. The zero-order chi connectivity index (χ0) is 18.4. The Balaban J connectivity index is 1.37. The Morgan fingerprint density at radius 3 is 2.81 bits per heavy atom. The highest BCUT2D eigenvalue weighted by molar-refractivity contribution is 7.18. The molecule has 26 heavy (non-hydrogen) atoms. The summed E-state index contributed by atoms with van der Waals surface area (Å²) >= 11 is 7.34. The van der Waals surface area contributed by atoms with Crippen molar-refractivity contribution in [1.82, 2.24) is 9.97 Å². The fraction of sp³-hybridized carbons (Fsp3) is 0.222. The van der Waals surface area contributed by atoms with E-state index in [1.807, 2.05) is 24.3 Å². The van der Waals surface area contributed by atoms with E-state index < -0.39 is 11.9 Å². The number of carbonyl (C=O) groups is 2. The zero-order valence-corrected chi connectivity index (χ0v) is 15.3. The van der Waals surface area contributed by atoms with Crippen LogP contribution in [-0.4, -0.2) is 28.5 Å². The van der Waals surface area contributed by atoms with Crippen LogP contribution in [0.3, 0.4) is 0 Å². The summed E-state index contributed by atoms with van der Waals surface area (Å²) in [6, 6.07) is 11.1. The zero-order valence-electron chi connectivity index (χ0n) is 13.8. The van der Waals surface area contributed by atoms with Crippen LogP contribution in [0.5, 0.6) is 0 Å². The van der Waals surface area contributed by atoms with Crippen LogP contribution in [0.25, 0.3) is 10.2 Å². The molecule has 8 heteroatoms. The van der Waals surface area contributed by atoms with Crippen molar-refractivity contribution < 1.29 is 14.3 Å². The lowest BCUT2D eigenvalue weighted by molar-refractivity contribution is -0.147. The summed E-state index contributed by atoms with van der Waals surface area (Å²) in [5, 5.41) is 3.99. The molecule has 2 aromatic heterocycles. The van der Waals surface area contributed by atoms with E-state index in [4.69, 9.17) is 16.3 Å². The molecule has 0 radical (unpaired) electrons. The second kappa shape index (κ2) is 8.73. The predicted molar refractivity (Wildman–Crippen MR) is 101 cm³/mol. The molecule has 0 saturated carbocycles. The molecule has 0 fully saturated rings. The Morgan fingerprint density at radius 1 is 1.19 bits per heavy atom. The summed E-state index contributed by atoms with van der Waals surface area (Å²) in [7, 11) is 0. The van der Waals surface area contributed by atoms with Gasteiger partial charge in [0.15, 0.2) is 6.61 Å². The molecular weight excluding hydrogens is 374 g/mol. The van der Waals surface area contributed by atoms with Crippen LogP contribution in [0.15, 0.2) is 42.6 Å². The summed E-state index contributed by atoms with van der Waals surface area (Å²) in [6.07, 6.45) is 2.99. The summed E-state index contributed by atoms with van der Waals surface area (Å²) < 4.78 is 6.11. The summed E-state index contributed by atoms with van der Waals surface area (Å²) in [5.74, 6) is -0.504. The molecule has 1 aromatic carbocycles. The molecule has 3 aromatic rings. The molecule has 0 aliphatic heterocycles. The Hall–Kier alpha value is -2.51. The number of thiazole rings is 1. The number of aryl methyl sites for hydroxylation is 1. The van der Waals surface area contributed by atoms with E-state index in [1.54, 1.807) is 23.5 Å². The van der Waals surface area contributed by atoms with Gasteiger partial charge in [0.1, 0.15) is 5.82 Å². The number of nitrogens with one attached hydrogen (secondary N) is 1. The van der Waals surface area contributed by atoms with Crippen molar-refractivity contribution in [2.45, 2.75) is 19.3 Å². The molecule has 0 atom stereocenters. The Labute approximate surface area is 159 Å². The van der Waals surface area contributed by atoms with E-state index >= 15 is 0 Å². The molecule has 6 nitrogen and oxygen atoms in total. The van der Waals surface area contributed by atoms with Crippen LogP contribution in [-0.2, 0) is 20.7 Å². The molecule has 2 heterocycles. The number of nitrogens with zero attached hydrogens (tertiary/aromatic N) is 2. The number of fused-ring (bicyclic) bond motifs is 1. The first-order chi connectivity index (χ1) is 12.6. The largest absolute Gasteiger partial charge is 0.456 e. The normalized spacial score (nSPS) is 10.7. The monoisotopic (exact) mass is 389 g/mol. The molecule has 0 spiro atoms. The fourth-order valence-corrected chi connectivity index (χ4v) is 3.38. The van der Waals surface area contributed by atoms with Gasteiger partial charge in [-0.1, -0.05) is 23.7 Å². The van der Waals surface area contributed by atoms with E-state index in [9.17, 15) is 9.59 Å². The lowest BCUT2D eigenvalue weighted by Crippen LogP contribution is -2.21. The standard InChI is InChI=1S/C18H16ClN3O3S/c19-12-8-9-15(20-10-12)22-16(23)11-25-18(24)7-3-6-17-21-13-4-1-2-5-14(13)26-17/h1-2,4-5,8-10H,3,6-7,11H2,(H,20,22,23). The van der Waals surface area contributed by atoms with Crippen molar-refractivity contribution >= 4 is 50.8 Å². The Morgan fingerprint density at radius 2 is 2.04 bits per heavy atom. The number of amides is 1. The first kappa shape index (κ1) is 18.3. The molecule has 0 aliphatic rings. The van der Waals surface area contributed by atoms with Crippen LogP contribution in [0, 0.1) is 0 Å². The van der Waals surface area contributed by atoms with Gasteiger partial charge in [0.2, 0.25) is 0 Å². The number of hydrogen-bond acceptors (Lipinski definition) is 6. The minimum Gasteiger partial charge on any atom is -0.456 e. The number of benzene rings is 1. The fourth-order valence-electron chi connectivity index (χ4n) is 2.26. The summed E-state index contributed by atoms with van der Waals surface area (Å²) in [4.78, 5) is 31.9. The Bertz CT molecular complexity index is 878. The van der Waals surface area contributed by atoms with E-state index in [2.05, 4.69) is 15.3 Å². The van der Waals surface area contributed by atoms with Gasteiger partial charge in [-0.2, -0.15) is 0 Å². The van der Waals surface area contributed by atoms with Crippen LogP contribution < -0.4 is 5.32 Å². The first-order valence-electron chi connectivity index (χ1n) is 8.01. The minimum absolute atomic E-state index is 0.238. The summed E-state index contributed by atoms with van der Waals surface area (Å²) in [5.41, 5.74) is 0.975. The molecular formula is C18H16ClN3O3S. The number of aromatic nitrogens is 2. The van der Waals surface area contributed by atoms with Gasteiger partial charge in [-0.25, -0.2) is 9.97 Å². The third-order valence-corrected chi connectivity index (χ3v) is 4.79. The minimum atomic E-state index is -0.445. The molecule has 0 bridgehead atoms. The average molecular weight is 390 g/mol. The van der Waals surface area contributed by atoms with Crippen molar-refractivity contribution in [3.63, 3.8) is 0 Å². The second-order valence-corrected chi connectivity index (χ2v) is 7.05. The molecule has 0 saturated heterocycles. The van der Waals surface area contributed by atoms with Crippen LogP contribution in [0.4, 0.5) is 5.82 Å². The van der Waals surface area contributed by atoms with Gasteiger partial charge in [0.25, 0.3) is 5.91 Å².